The monoisotopic (exact) mass is 230 g/mol. The van der Waals surface area contributed by atoms with E-state index >= 15 is 0 Å². The van der Waals surface area contributed by atoms with Crippen molar-refractivity contribution in [1.82, 2.24) is 14.8 Å². The minimum Gasteiger partial charge on any atom is -0.309 e. The van der Waals surface area contributed by atoms with Gasteiger partial charge in [-0.25, -0.2) is 4.98 Å². The zero-order valence-corrected chi connectivity index (χ0v) is 9.79. The Kier molecular flexibility index (Phi) is 3.18. The molecule has 88 valence electrons. The first-order chi connectivity index (χ1) is 8.16. The number of pyridine rings is 1. The number of carbonyl (C=O) groups is 1. The van der Waals surface area contributed by atoms with Gasteiger partial charge in [0.1, 0.15) is 11.9 Å². The third-order valence-corrected chi connectivity index (χ3v) is 2.46. The molecule has 17 heavy (non-hydrogen) atoms. The number of aromatic nitrogens is 3. The molecule has 5 heteroatoms. The Morgan fingerprint density at radius 3 is 2.88 bits per heavy atom. The van der Waals surface area contributed by atoms with Crippen molar-refractivity contribution in [2.75, 3.05) is 5.32 Å². The summed E-state index contributed by atoms with van der Waals surface area (Å²) in [6.45, 7) is 3.74. The van der Waals surface area contributed by atoms with Crippen LogP contribution in [-0.4, -0.2) is 20.7 Å². The fourth-order valence-corrected chi connectivity index (χ4v) is 1.40. The fraction of sp³-hybridized carbons (Fsp3) is 0.250. The number of carbonyl (C=O) groups excluding carboxylic acids is 1. The average Bonchev–Trinajstić information content (AvgIpc) is 2.84. The predicted octanol–water partition coefficient (Wildman–Crippen LogP) is 1.79. The molecule has 0 aromatic carbocycles. The van der Waals surface area contributed by atoms with Gasteiger partial charge in [0.25, 0.3) is 0 Å². The summed E-state index contributed by atoms with van der Waals surface area (Å²) in [4.78, 5) is 16.0. The zero-order valence-electron chi connectivity index (χ0n) is 9.79. The average molecular weight is 230 g/mol. The van der Waals surface area contributed by atoms with Crippen molar-refractivity contribution in [1.29, 1.82) is 0 Å². The highest BCUT2D eigenvalue weighted by Crippen LogP contribution is 2.09. The van der Waals surface area contributed by atoms with Crippen LogP contribution in [0.3, 0.4) is 0 Å². The normalized spacial score (nSPS) is 12.1. The van der Waals surface area contributed by atoms with Crippen LogP contribution in [0.2, 0.25) is 0 Å². The molecular weight excluding hydrogens is 216 g/mol. The van der Waals surface area contributed by atoms with Gasteiger partial charge in [0.2, 0.25) is 5.91 Å². The molecule has 1 N–H and O–H groups in total. The lowest BCUT2D eigenvalue weighted by Crippen LogP contribution is -2.24. The van der Waals surface area contributed by atoms with Gasteiger partial charge in [-0.1, -0.05) is 6.07 Å². The smallest absolute Gasteiger partial charge is 0.250 e. The van der Waals surface area contributed by atoms with Crippen molar-refractivity contribution >= 4 is 11.7 Å². The Morgan fingerprint density at radius 1 is 1.47 bits per heavy atom. The van der Waals surface area contributed by atoms with Crippen molar-refractivity contribution in [3.05, 3.63) is 42.4 Å². The van der Waals surface area contributed by atoms with Crippen LogP contribution in [0.15, 0.2) is 36.8 Å². The van der Waals surface area contributed by atoms with E-state index in [0.717, 1.165) is 5.56 Å². The van der Waals surface area contributed by atoms with E-state index in [9.17, 15) is 4.79 Å². The van der Waals surface area contributed by atoms with Crippen molar-refractivity contribution in [2.24, 2.45) is 0 Å². The van der Waals surface area contributed by atoms with Gasteiger partial charge in [0, 0.05) is 18.6 Å². The molecule has 0 saturated carbocycles. The number of rotatable bonds is 3. The topological polar surface area (TPSA) is 59.8 Å². The Balaban J connectivity index is 2.04. The molecule has 0 fully saturated rings. The SMILES string of the molecule is Cc1ccc(NC(=O)C(C)n2cccn2)nc1. The summed E-state index contributed by atoms with van der Waals surface area (Å²) in [6.07, 6.45) is 5.12. The summed E-state index contributed by atoms with van der Waals surface area (Å²) in [7, 11) is 0. The van der Waals surface area contributed by atoms with Crippen molar-refractivity contribution in [2.45, 2.75) is 19.9 Å². The summed E-state index contributed by atoms with van der Waals surface area (Å²) < 4.78 is 1.60. The van der Waals surface area contributed by atoms with Crippen LogP contribution < -0.4 is 5.32 Å². The van der Waals surface area contributed by atoms with E-state index < -0.39 is 0 Å². The van der Waals surface area contributed by atoms with Gasteiger partial charge in [-0.15, -0.1) is 0 Å². The fourth-order valence-electron chi connectivity index (χ4n) is 1.40. The standard InChI is InChI=1S/C12H14N4O/c1-9-4-5-11(13-8-9)15-12(17)10(2)16-7-3-6-14-16/h3-8,10H,1-2H3,(H,13,15,17). The lowest BCUT2D eigenvalue weighted by molar-refractivity contribution is -0.119. The first kappa shape index (κ1) is 11.3. The first-order valence-corrected chi connectivity index (χ1v) is 5.39. The van der Waals surface area contributed by atoms with E-state index in [1.54, 1.807) is 42.3 Å². The van der Waals surface area contributed by atoms with Crippen LogP contribution in [0, 0.1) is 6.92 Å². The molecule has 0 spiro atoms. The molecule has 0 aliphatic rings. The molecule has 1 atom stereocenters. The van der Waals surface area contributed by atoms with Gasteiger partial charge in [0.15, 0.2) is 0 Å². The van der Waals surface area contributed by atoms with E-state index in [0.29, 0.717) is 5.82 Å². The molecule has 0 aliphatic heterocycles. The maximum atomic E-state index is 11.9. The van der Waals surface area contributed by atoms with Crippen molar-refractivity contribution in [3.8, 4) is 0 Å². The second-order valence-electron chi connectivity index (χ2n) is 3.87. The van der Waals surface area contributed by atoms with Gasteiger partial charge in [-0.2, -0.15) is 5.10 Å². The van der Waals surface area contributed by atoms with Crippen molar-refractivity contribution < 1.29 is 4.79 Å². The van der Waals surface area contributed by atoms with Gasteiger partial charge in [0.05, 0.1) is 0 Å². The number of nitrogens with zero attached hydrogens (tertiary/aromatic N) is 3. The molecule has 0 radical (unpaired) electrons. The van der Waals surface area contributed by atoms with Crippen LogP contribution in [-0.2, 0) is 4.79 Å². The predicted molar refractivity (Wildman–Crippen MR) is 64.5 cm³/mol. The van der Waals surface area contributed by atoms with Crippen LogP contribution in [0.25, 0.3) is 0 Å². The molecule has 5 nitrogen and oxygen atoms in total. The third kappa shape index (κ3) is 2.69. The molecular formula is C12H14N4O. The second kappa shape index (κ2) is 4.78. The van der Waals surface area contributed by atoms with Gasteiger partial charge in [-0.3, -0.25) is 9.48 Å². The maximum absolute atomic E-state index is 11.9. The molecule has 2 heterocycles. The highest BCUT2D eigenvalue weighted by atomic mass is 16.2. The van der Waals surface area contributed by atoms with Gasteiger partial charge < -0.3 is 5.32 Å². The van der Waals surface area contributed by atoms with E-state index in [-0.39, 0.29) is 11.9 Å². The molecule has 1 amide bonds. The van der Waals surface area contributed by atoms with Gasteiger partial charge >= 0.3 is 0 Å². The maximum Gasteiger partial charge on any atom is 0.250 e. The lowest BCUT2D eigenvalue weighted by Gasteiger charge is -2.12. The van der Waals surface area contributed by atoms with E-state index in [4.69, 9.17) is 0 Å². The number of hydrogen-bond donors (Lipinski definition) is 1. The molecule has 0 aliphatic carbocycles. The minimum atomic E-state index is -0.354. The highest BCUT2D eigenvalue weighted by Gasteiger charge is 2.15. The van der Waals surface area contributed by atoms with Crippen LogP contribution in [0.1, 0.15) is 18.5 Å². The Hall–Kier alpha value is -2.17. The first-order valence-electron chi connectivity index (χ1n) is 5.39. The largest absolute Gasteiger partial charge is 0.309 e. The van der Waals surface area contributed by atoms with Gasteiger partial charge in [-0.05, 0) is 31.5 Å². The molecule has 2 aromatic heterocycles. The number of amides is 1. The second-order valence-corrected chi connectivity index (χ2v) is 3.87. The number of nitrogens with one attached hydrogen (secondary N) is 1. The summed E-state index contributed by atoms with van der Waals surface area (Å²) in [5, 5.41) is 6.77. The van der Waals surface area contributed by atoms with E-state index in [1.807, 2.05) is 13.0 Å². The van der Waals surface area contributed by atoms with Crippen molar-refractivity contribution in [3.63, 3.8) is 0 Å². The molecule has 2 aromatic rings. The lowest BCUT2D eigenvalue weighted by atomic mass is 10.3. The Bertz CT molecular complexity index is 490. The van der Waals surface area contributed by atoms with E-state index in [1.165, 1.54) is 0 Å². The molecule has 1 unspecified atom stereocenters. The third-order valence-electron chi connectivity index (χ3n) is 2.46. The zero-order chi connectivity index (χ0) is 12.3. The highest BCUT2D eigenvalue weighted by molar-refractivity contribution is 5.92. The Labute approximate surface area is 99.5 Å². The summed E-state index contributed by atoms with van der Waals surface area (Å²) in [5.41, 5.74) is 1.06. The number of hydrogen-bond acceptors (Lipinski definition) is 3. The summed E-state index contributed by atoms with van der Waals surface area (Å²) in [5.74, 6) is 0.421. The summed E-state index contributed by atoms with van der Waals surface area (Å²) in [6, 6.07) is 5.12. The molecule has 0 bridgehead atoms. The minimum absolute atomic E-state index is 0.134. The Morgan fingerprint density at radius 2 is 2.29 bits per heavy atom. The number of anilines is 1. The summed E-state index contributed by atoms with van der Waals surface area (Å²) >= 11 is 0. The quantitative estimate of drug-likeness (QED) is 0.874. The molecule has 0 saturated heterocycles. The molecule has 2 rings (SSSR count). The van der Waals surface area contributed by atoms with Crippen LogP contribution >= 0.6 is 0 Å². The van der Waals surface area contributed by atoms with E-state index in [2.05, 4.69) is 15.4 Å². The van der Waals surface area contributed by atoms with Crippen LogP contribution in [0.5, 0.6) is 0 Å². The number of aryl methyl sites for hydroxylation is 1. The van der Waals surface area contributed by atoms with Crippen LogP contribution in [0.4, 0.5) is 5.82 Å².